The van der Waals surface area contributed by atoms with Gasteiger partial charge in [0.05, 0.1) is 12.7 Å². The average Bonchev–Trinajstić information content (AvgIpc) is 3.14. The monoisotopic (exact) mass is 359 g/mol. The highest BCUT2D eigenvalue weighted by Gasteiger charge is 2.10. The van der Waals surface area contributed by atoms with Crippen molar-refractivity contribution in [1.29, 1.82) is 0 Å². The first-order chi connectivity index (χ1) is 12.0. The molecule has 0 saturated heterocycles. The van der Waals surface area contributed by atoms with E-state index >= 15 is 0 Å². The van der Waals surface area contributed by atoms with Gasteiger partial charge in [0.1, 0.15) is 10.8 Å². The molecule has 0 aliphatic rings. The Kier molecular flexibility index (Phi) is 4.95. The van der Waals surface area contributed by atoms with Crippen molar-refractivity contribution in [3.05, 3.63) is 70.9 Å². The molecule has 0 aliphatic heterocycles. The second kappa shape index (κ2) is 7.31. The Morgan fingerprint density at radius 1 is 1.36 bits per heavy atom. The second-order valence-corrected chi connectivity index (χ2v) is 5.79. The van der Waals surface area contributed by atoms with E-state index in [9.17, 15) is 9.18 Å². The van der Waals surface area contributed by atoms with Crippen LogP contribution in [0.4, 0.5) is 10.2 Å². The van der Waals surface area contributed by atoms with Crippen molar-refractivity contribution in [3.8, 4) is 0 Å². The maximum absolute atomic E-state index is 13.7. The molecule has 2 aromatic heterocycles. The summed E-state index contributed by atoms with van der Waals surface area (Å²) in [6.07, 6.45) is 7.95. The standard InChI is InChI=1S/C17H15ClFN5O/c1-23-9-12(8-20-23)6-7-16(25)21-17-14(18)11-24(22-17)10-13-4-2-3-5-15(13)19/h2-9,11H,10H2,1H3,(H,21,22,25)/b7-6+. The summed E-state index contributed by atoms with van der Waals surface area (Å²) in [6.45, 7) is 0.216. The van der Waals surface area contributed by atoms with Crippen LogP contribution in [-0.2, 0) is 18.4 Å². The quantitative estimate of drug-likeness (QED) is 0.712. The molecule has 2 heterocycles. The third-order valence-electron chi connectivity index (χ3n) is 3.40. The van der Waals surface area contributed by atoms with Crippen molar-refractivity contribution >= 4 is 29.4 Å². The van der Waals surface area contributed by atoms with Crippen LogP contribution in [0.2, 0.25) is 5.02 Å². The van der Waals surface area contributed by atoms with Crippen molar-refractivity contribution in [2.75, 3.05) is 5.32 Å². The lowest BCUT2D eigenvalue weighted by molar-refractivity contribution is -0.111. The van der Waals surface area contributed by atoms with E-state index < -0.39 is 0 Å². The molecule has 1 N–H and O–H groups in total. The van der Waals surface area contributed by atoms with E-state index in [-0.39, 0.29) is 29.1 Å². The second-order valence-electron chi connectivity index (χ2n) is 5.38. The molecule has 0 bridgehead atoms. The van der Waals surface area contributed by atoms with Gasteiger partial charge in [0, 0.05) is 36.6 Å². The summed E-state index contributed by atoms with van der Waals surface area (Å²) >= 11 is 6.09. The predicted octanol–water partition coefficient (Wildman–Crippen LogP) is 3.11. The van der Waals surface area contributed by atoms with Crippen LogP contribution in [0, 0.1) is 5.82 Å². The van der Waals surface area contributed by atoms with Crippen molar-refractivity contribution in [2.45, 2.75) is 6.54 Å². The summed E-state index contributed by atoms with van der Waals surface area (Å²) < 4.78 is 16.8. The number of nitrogens with zero attached hydrogens (tertiary/aromatic N) is 4. The first-order valence-corrected chi connectivity index (χ1v) is 7.83. The van der Waals surface area contributed by atoms with Gasteiger partial charge in [-0.1, -0.05) is 29.8 Å². The fraction of sp³-hybridized carbons (Fsp3) is 0.118. The average molecular weight is 360 g/mol. The van der Waals surface area contributed by atoms with Crippen molar-refractivity contribution in [1.82, 2.24) is 19.6 Å². The number of aryl methyl sites for hydroxylation is 1. The number of hydrogen-bond donors (Lipinski definition) is 1. The third-order valence-corrected chi connectivity index (χ3v) is 3.68. The number of halogens is 2. The topological polar surface area (TPSA) is 64.7 Å². The Morgan fingerprint density at radius 2 is 2.16 bits per heavy atom. The molecule has 25 heavy (non-hydrogen) atoms. The molecule has 0 fully saturated rings. The molecular weight excluding hydrogens is 345 g/mol. The SMILES string of the molecule is Cn1cc(/C=C/C(=O)Nc2nn(Cc3ccccc3F)cc2Cl)cn1. The number of nitrogens with one attached hydrogen (secondary N) is 1. The highest BCUT2D eigenvalue weighted by Crippen LogP contribution is 2.20. The first kappa shape index (κ1) is 16.9. The molecular formula is C17H15ClFN5O. The molecule has 6 nitrogen and oxygen atoms in total. The van der Waals surface area contributed by atoms with Gasteiger partial charge in [-0.05, 0) is 12.1 Å². The van der Waals surface area contributed by atoms with Crippen molar-refractivity contribution in [3.63, 3.8) is 0 Å². The zero-order chi connectivity index (χ0) is 17.8. The van der Waals surface area contributed by atoms with E-state index in [0.29, 0.717) is 5.56 Å². The highest BCUT2D eigenvalue weighted by atomic mass is 35.5. The number of rotatable bonds is 5. The van der Waals surface area contributed by atoms with Gasteiger partial charge in [-0.2, -0.15) is 10.2 Å². The molecule has 3 aromatic rings. The summed E-state index contributed by atoms with van der Waals surface area (Å²) in [5, 5.41) is 11.1. The Morgan fingerprint density at radius 3 is 2.88 bits per heavy atom. The van der Waals surface area contributed by atoms with Crippen LogP contribution >= 0.6 is 11.6 Å². The van der Waals surface area contributed by atoms with Gasteiger partial charge in [-0.25, -0.2) is 4.39 Å². The van der Waals surface area contributed by atoms with Crippen LogP contribution in [0.1, 0.15) is 11.1 Å². The number of anilines is 1. The van der Waals surface area contributed by atoms with Crippen molar-refractivity contribution in [2.24, 2.45) is 7.05 Å². The smallest absolute Gasteiger partial charge is 0.249 e. The molecule has 0 atom stereocenters. The Bertz CT molecular complexity index is 931. The molecule has 0 radical (unpaired) electrons. The minimum atomic E-state index is -0.373. The van der Waals surface area contributed by atoms with Crippen LogP contribution in [-0.4, -0.2) is 25.5 Å². The number of amides is 1. The summed E-state index contributed by atoms with van der Waals surface area (Å²) in [5.74, 6) is -0.472. The summed E-state index contributed by atoms with van der Waals surface area (Å²) in [5.41, 5.74) is 1.28. The van der Waals surface area contributed by atoms with Crippen molar-refractivity contribution < 1.29 is 9.18 Å². The third kappa shape index (κ3) is 4.33. The minimum Gasteiger partial charge on any atom is -0.304 e. The molecule has 8 heteroatoms. The first-order valence-electron chi connectivity index (χ1n) is 7.45. The fourth-order valence-electron chi connectivity index (χ4n) is 2.22. The lowest BCUT2D eigenvalue weighted by Crippen LogP contribution is -2.10. The lowest BCUT2D eigenvalue weighted by Gasteiger charge is -2.03. The van der Waals surface area contributed by atoms with Gasteiger partial charge in [0.15, 0.2) is 5.82 Å². The lowest BCUT2D eigenvalue weighted by atomic mass is 10.2. The van der Waals surface area contributed by atoms with Gasteiger partial charge in [-0.15, -0.1) is 0 Å². The maximum Gasteiger partial charge on any atom is 0.249 e. The molecule has 0 spiro atoms. The van der Waals surface area contributed by atoms with Crippen LogP contribution in [0.25, 0.3) is 6.08 Å². The van der Waals surface area contributed by atoms with E-state index in [0.717, 1.165) is 5.56 Å². The van der Waals surface area contributed by atoms with Gasteiger partial charge in [-0.3, -0.25) is 14.2 Å². The van der Waals surface area contributed by atoms with Gasteiger partial charge in [0.2, 0.25) is 5.91 Å². The van der Waals surface area contributed by atoms with E-state index in [1.54, 1.807) is 48.4 Å². The molecule has 0 unspecified atom stereocenters. The molecule has 1 aromatic carbocycles. The number of benzene rings is 1. The van der Waals surface area contributed by atoms with E-state index in [2.05, 4.69) is 15.5 Å². The number of hydrogen-bond acceptors (Lipinski definition) is 3. The minimum absolute atomic E-state index is 0.216. The maximum atomic E-state index is 13.7. The largest absolute Gasteiger partial charge is 0.304 e. The van der Waals surface area contributed by atoms with E-state index in [1.165, 1.54) is 23.0 Å². The normalized spacial score (nSPS) is 11.2. The van der Waals surface area contributed by atoms with Crippen LogP contribution in [0.15, 0.2) is 48.9 Å². The highest BCUT2D eigenvalue weighted by molar-refractivity contribution is 6.33. The van der Waals surface area contributed by atoms with Gasteiger partial charge < -0.3 is 5.32 Å². The predicted molar refractivity (Wildman–Crippen MR) is 93.6 cm³/mol. The molecule has 0 aliphatic carbocycles. The fourth-order valence-corrected chi connectivity index (χ4v) is 2.42. The Balaban J connectivity index is 1.67. The summed E-state index contributed by atoms with van der Waals surface area (Å²) in [7, 11) is 1.79. The van der Waals surface area contributed by atoms with Crippen LogP contribution in [0.5, 0.6) is 0 Å². The molecule has 3 rings (SSSR count). The molecule has 128 valence electrons. The van der Waals surface area contributed by atoms with Gasteiger partial charge in [0.25, 0.3) is 0 Å². The summed E-state index contributed by atoms with van der Waals surface area (Å²) in [6, 6.07) is 6.41. The molecule has 0 saturated carbocycles. The van der Waals surface area contributed by atoms with Crippen LogP contribution < -0.4 is 5.32 Å². The number of carbonyl (C=O) groups is 1. The zero-order valence-corrected chi connectivity index (χ0v) is 14.1. The Labute approximate surface area is 148 Å². The summed E-state index contributed by atoms with van der Waals surface area (Å²) in [4.78, 5) is 12.0. The van der Waals surface area contributed by atoms with Crippen LogP contribution in [0.3, 0.4) is 0 Å². The number of carbonyl (C=O) groups excluding carboxylic acids is 1. The van der Waals surface area contributed by atoms with E-state index in [1.807, 2.05) is 0 Å². The number of aromatic nitrogens is 4. The zero-order valence-electron chi connectivity index (χ0n) is 13.4. The van der Waals surface area contributed by atoms with Gasteiger partial charge >= 0.3 is 0 Å². The molecule has 1 amide bonds. The Hall–Kier alpha value is -2.93. The van der Waals surface area contributed by atoms with E-state index in [4.69, 9.17) is 11.6 Å².